The third-order valence-electron chi connectivity index (χ3n) is 14.8. The Morgan fingerprint density at radius 2 is 1.04 bits per heavy atom. The molecule has 13 aromatic rings. The van der Waals surface area contributed by atoms with E-state index in [2.05, 4.69) is 199 Å². The van der Waals surface area contributed by atoms with Gasteiger partial charge in [-0.2, -0.15) is 27.1 Å². The summed E-state index contributed by atoms with van der Waals surface area (Å²) in [5, 5.41) is 6.72. The molecule has 0 spiro atoms. The minimum atomic E-state index is -0.0505. The van der Waals surface area contributed by atoms with Crippen LogP contribution in [0.1, 0.15) is 48.6 Å². The molecule has 7 aromatic carbocycles. The van der Waals surface area contributed by atoms with Gasteiger partial charge in [0.15, 0.2) is 0 Å². The monoisotopic (exact) mass is 1170 g/mol. The van der Waals surface area contributed by atoms with Crippen molar-refractivity contribution in [3.63, 3.8) is 0 Å². The topological polar surface area (TPSA) is 95.0 Å². The van der Waals surface area contributed by atoms with Gasteiger partial charge in [-0.05, 0) is 90.6 Å². The molecule has 0 amide bonds. The fourth-order valence-electron chi connectivity index (χ4n) is 11.3. The molecule has 0 saturated carbocycles. The summed E-state index contributed by atoms with van der Waals surface area (Å²) >= 11 is 0. The number of nitrogens with zero attached hydrogens (tertiary/aromatic N) is 10. The molecule has 0 fully saturated rings. The Morgan fingerprint density at radius 1 is 0.487 bits per heavy atom. The van der Waals surface area contributed by atoms with Crippen molar-refractivity contribution in [1.29, 1.82) is 0 Å². The van der Waals surface area contributed by atoms with E-state index < -0.39 is 0 Å². The number of benzene rings is 7. The summed E-state index contributed by atoms with van der Waals surface area (Å²) in [4.78, 5) is 30.1. The summed E-state index contributed by atoms with van der Waals surface area (Å²) < 4.78 is 13.3. The SMILES string of the molecule is Cc1cccc2c3cccc(C)c3n(-c3nc(N4[CH-]N(c5[c-]c(Oc6[c-]c7c(cc6)c6ccccc6n7-c6cc(C(C)(C)C)ccn6)ccc5)c5ccncc54)nc(-n4c5c(C)cccc5c5cccc(C)c54)n3)c12.[Pt]. The molecule has 12 heteroatoms. The quantitative estimate of drug-likeness (QED) is 0.146. The minimum Gasteiger partial charge on any atom is -0.509 e. The first-order valence-corrected chi connectivity index (χ1v) is 25.2. The first kappa shape index (κ1) is 47.1. The van der Waals surface area contributed by atoms with Gasteiger partial charge < -0.3 is 19.1 Å². The zero-order valence-electron chi connectivity index (χ0n) is 42.9. The second-order valence-electron chi connectivity index (χ2n) is 20.6. The van der Waals surface area contributed by atoms with Gasteiger partial charge in [0.2, 0.25) is 17.8 Å². The number of rotatable bonds is 7. The molecule has 14 rings (SSSR count). The maximum absolute atomic E-state index is 6.69. The van der Waals surface area contributed by atoms with Crippen LogP contribution in [-0.4, -0.2) is 38.6 Å². The van der Waals surface area contributed by atoms with E-state index in [1.165, 1.54) is 5.56 Å². The third kappa shape index (κ3) is 7.31. The van der Waals surface area contributed by atoms with Crippen molar-refractivity contribution in [3.8, 4) is 29.2 Å². The van der Waals surface area contributed by atoms with E-state index >= 15 is 0 Å². The molecule has 0 unspecified atom stereocenters. The standard InChI is InChI=1S/C64H49N10O.Pt/c1-38-15-10-22-48-49-23-11-16-39(2)58(49)73(57(38)48)62-67-61(68-63(69-62)74-59-40(3)17-12-24-50(59)51-25-13-18-41(4)60(51)74)71-37-70(53-30-31-65-36-55(53)71)43-19-14-20-44(34-43)75-45-27-28-47-46-21-8-9-26-52(46)72(54(47)35-45)56-33-42(29-32-66-56)64(5,6)7;/h8-33,36-37H,1-7H3;/q-3;. The Labute approximate surface area is 454 Å². The zero-order chi connectivity index (χ0) is 50.9. The fraction of sp³-hybridized carbons (Fsp3) is 0.125. The van der Waals surface area contributed by atoms with E-state index in [9.17, 15) is 0 Å². The van der Waals surface area contributed by atoms with Crippen molar-refractivity contribution in [2.24, 2.45) is 0 Å². The van der Waals surface area contributed by atoms with Crippen LogP contribution < -0.4 is 14.5 Å². The van der Waals surface area contributed by atoms with Crippen LogP contribution in [0.2, 0.25) is 0 Å². The molecule has 0 saturated heterocycles. The normalized spacial score (nSPS) is 12.7. The van der Waals surface area contributed by atoms with E-state index in [4.69, 9.17) is 24.7 Å². The van der Waals surface area contributed by atoms with E-state index in [1.54, 1.807) is 6.20 Å². The molecule has 0 bridgehead atoms. The Morgan fingerprint density at radius 3 is 1.64 bits per heavy atom. The number of pyridine rings is 2. The maximum atomic E-state index is 6.69. The number of anilines is 4. The van der Waals surface area contributed by atoms with Gasteiger partial charge in [-0.25, -0.2) is 4.98 Å². The van der Waals surface area contributed by atoms with Gasteiger partial charge in [0.25, 0.3) is 0 Å². The molecule has 6 aromatic heterocycles. The number of hydrogen-bond acceptors (Lipinski definition) is 8. The molecule has 0 aliphatic carbocycles. The predicted octanol–water partition coefficient (Wildman–Crippen LogP) is 15.3. The largest absolute Gasteiger partial charge is 0.509 e. The molecule has 1 aliphatic heterocycles. The Bertz CT molecular complexity index is 4240. The van der Waals surface area contributed by atoms with Crippen molar-refractivity contribution in [2.75, 3.05) is 9.80 Å². The molecular formula is C64H49N10OPt-3. The van der Waals surface area contributed by atoms with Gasteiger partial charge in [0, 0.05) is 77.7 Å². The van der Waals surface area contributed by atoms with E-state index in [0.29, 0.717) is 29.3 Å². The van der Waals surface area contributed by atoms with Gasteiger partial charge in [-0.3, -0.25) is 14.1 Å². The summed E-state index contributed by atoms with van der Waals surface area (Å²) in [6, 6.07) is 57.7. The van der Waals surface area contributed by atoms with Crippen LogP contribution in [0.15, 0.2) is 164 Å². The zero-order valence-corrected chi connectivity index (χ0v) is 45.1. The van der Waals surface area contributed by atoms with Crippen LogP contribution in [0, 0.1) is 46.5 Å². The first-order valence-electron chi connectivity index (χ1n) is 25.2. The number of ether oxygens (including phenoxy) is 1. The van der Waals surface area contributed by atoms with Gasteiger partial charge in [-0.15, -0.1) is 48.1 Å². The number of aryl methyl sites for hydroxylation is 4. The molecule has 1 aliphatic rings. The molecule has 0 N–H and O–H groups in total. The number of fused-ring (bicyclic) bond motifs is 10. The first-order chi connectivity index (χ1) is 36.5. The number of hydrogen-bond donors (Lipinski definition) is 0. The van der Waals surface area contributed by atoms with Crippen molar-refractivity contribution >= 4 is 88.4 Å². The average molecular weight is 1170 g/mol. The van der Waals surface area contributed by atoms with Gasteiger partial charge >= 0.3 is 0 Å². The summed E-state index contributed by atoms with van der Waals surface area (Å²) in [6.07, 6.45) is 5.55. The molecule has 7 heterocycles. The predicted molar refractivity (Wildman–Crippen MR) is 302 cm³/mol. The van der Waals surface area contributed by atoms with Crippen molar-refractivity contribution in [2.45, 2.75) is 53.9 Å². The molecular weight excluding hydrogens is 1120 g/mol. The van der Waals surface area contributed by atoms with Crippen LogP contribution in [0.3, 0.4) is 0 Å². The van der Waals surface area contributed by atoms with Crippen LogP contribution in [0.4, 0.5) is 23.0 Å². The van der Waals surface area contributed by atoms with Crippen LogP contribution in [0.5, 0.6) is 11.5 Å². The van der Waals surface area contributed by atoms with Crippen LogP contribution >= 0.6 is 0 Å². The molecule has 0 radical (unpaired) electrons. The smallest absolute Gasteiger partial charge is 0.241 e. The van der Waals surface area contributed by atoms with E-state index in [1.807, 2.05) is 54.3 Å². The van der Waals surface area contributed by atoms with E-state index in [-0.39, 0.29) is 26.5 Å². The molecule has 11 nitrogen and oxygen atoms in total. The Kier molecular flexibility index (Phi) is 11.0. The summed E-state index contributed by atoms with van der Waals surface area (Å²) in [5.74, 6) is 3.34. The Hall–Kier alpha value is -8.66. The number of aromatic nitrogens is 8. The van der Waals surface area contributed by atoms with Crippen LogP contribution in [0.25, 0.3) is 83.1 Å². The van der Waals surface area contributed by atoms with Gasteiger partial charge in [0.05, 0.1) is 34.0 Å². The second kappa shape index (κ2) is 17.7. The summed E-state index contributed by atoms with van der Waals surface area (Å²) in [5.41, 5.74) is 14.1. The summed E-state index contributed by atoms with van der Waals surface area (Å²) in [6.45, 7) is 17.3. The van der Waals surface area contributed by atoms with Gasteiger partial charge in [0.1, 0.15) is 5.82 Å². The van der Waals surface area contributed by atoms with Crippen LogP contribution in [-0.2, 0) is 26.5 Å². The van der Waals surface area contributed by atoms with Crippen molar-refractivity contribution < 1.29 is 25.8 Å². The average Bonchev–Trinajstić information content (AvgIpc) is 4.18. The molecule has 76 heavy (non-hydrogen) atoms. The minimum absolute atomic E-state index is 0. The second-order valence-corrected chi connectivity index (χ2v) is 20.6. The maximum Gasteiger partial charge on any atom is 0.241 e. The van der Waals surface area contributed by atoms with Gasteiger partial charge in [-0.1, -0.05) is 117 Å². The Balaban J connectivity index is 0.00000553. The number of para-hydroxylation sites is 5. The van der Waals surface area contributed by atoms with Crippen molar-refractivity contribution in [1.82, 2.24) is 38.6 Å². The molecule has 0 atom stereocenters. The van der Waals surface area contributed by atoms with E-state index in [0.717, 1.165) is 111 Å². The van der Waals surface area contributed by atoms with Crippen molar-refractivity contribution in [3.05, 3.63) is 211 Å². The fourth-order valence-corrected chi connectivity index (χ4v) is 11.3. The summed E-state index contributed by atoms with van der Waals surface area (Å²) in [7, 11) is 0. The molecule has 374 valence electrons. The third-order valence-corrected chi connectivity index (χ3v) is 14.8.